The van der Waals surface area contributed by atoms with Gasteiger partial charge in [0.15, 0.2) is 4.90 Å². The predicted octanol–water partition coefficient (Wildman–Crippen LogP) is 5.07. The van der Waals surface area contributed by atoms with Crippen LogP contribution in [0.1, 0.15) is 49.8 Å². The van der Waals surface area contributed by atoms with Crippen LogP contribution >= 0.6 is 0 Å². The molecule has 3 aromatic rings. The van der Waals surface area contributed by atoms with Crippen LogP contribution in [0.5, 0.6) is 5.88 Å². The van der Waals surface area contributed by atoms with Crippen LogP contribution in [0.2, 0.25) is 0 Å². The van der Waals surface area contributed by atoms with Crippen molar-refractivity contribution in [1.29, 1.82) is 0 Å². The smallest absolute Gasteiger partial charge is 0.269 e. The number of rotatable bonds is 3. The Morgan fingerprint density at radius 1 is 1.07 bits per heavy atom. The summed E-state index contributed by atoms with van der Waals surface area (Å²) in [5, 5.41) is 3.15. The number of nitrogens with one attached hydrogen (secondary N) is 2. The van der Waals surface area contributed by atoms with Gasteiger partial charge in [0.2, 0.25) is 11.8 Å². The molecular formula is C33H41N5O3S. The monoisotopic (exact) mass is 587 g/mol. The van der Waals surface area contributed by atoms with Crippen LogP contribution < -0.4 is 14.8 Å². The molecule has 6 rings (SSSR count). The van der Waals surface area contributed by atoms with Gasteiger partial charge in [-0.15, -0.1) is 0 Å². The van der Waals surface area contributed by atoms with Crippen molar-refractivity contribution >= 4 is 23.2 Å². The first-order valence-electron chi connectivity index (χ1n) is 15.0. The van der Waals surface area contributed by atoms with E-state index in [9.17, 15) is 9.35 Å². The lowest BCUT2D eigenvalue weighted by Crippen LogP contribution is -2.45. The summed E-state index contributed by atoms with van der Waals surface area (Å²) in [7, 11) is 0. The highest BCUT2D eigenvalue weighted by Gasteiger charge is 2.39. The van der Waals surface area contributed by atoms with Crippen molar-refractivity contribution in [3.63, 3.8) is 0 Å². The van der Waals surface area contributed by atoms with Gasteiger partial charge in [-0.3, -0.25) is 4.79 Å². The zero-order valence-electron chi connectivity index (χ0n) is 25.0. The van der Waals surface area contributed by atoms with Crippen molar-refractivity contribution in [3.8, 4) is 17.1 Å². The molecule has 42 heavy (non-hydrogen) atoms. The van der Waals surface area contributed by atoms with Crippen LogP contribution in [0.15, 0.2) is 53.4 Å². The molecule has 2 N–H and O–H groups in total. The van der Waals surface area contributed by atoms with Gasteiger partial charge in [-0.25, -0.2) is 4.98 Å². The Morgan fingerprint density at radius 3 is 2.62 bits per heavy atom. The van der Waals surface area contributed by atoms with E-state index in [2.05, 4.69) is 65.8 Å². The van der Waals surface area contributed by atoms with E-state index in [1.165, 1.54) is 5.56 Å². The number of amides is 1. The summed E-state index contributed by atoms with van der Waals surface area (Å²) in [4.78, 5) is 25.3. The maximum absolute atomic E-state index is 13.4. The van der Waals surface area contributed by atoms with Crippen LogP contribution in [-0.2, 0) is 22.6 Å². The molecule has 4 bridgehead atoms. The molecule has 9 heteroatoms. The number of piperidine rings is 1. The molecule has 8 nitrogen and oxygen atoms in total. The van der Waals surface area contributed by atoms with E-state index in [4.69, 9.17) is 9.72 Å². The van der Waals surface area contributed by atoms with E-state index in [1.807, 2.05) is 30.3 Å². The summed E-state index contributed by atoms with van der Waals surface area (Å²) in [5.41, 5.74) is 5.02. The number of likely N-dealkylation sites (tertiary alicyclic amines) is 1. The number of hydrogen-bond donors (Lipinski definition) is 2. The van der Waals surface area contributed by atoms with Crippen molar-refractivity contribution in [2.24, 2.45) is 17.8 Å². The number of aromatic nitrogens is 2. The number of benzene rings is 2. The Labute approximate surface area is 252 Å². The van der Waals surface area contributed by atoms with E-state index in [0.717, 1.165) is 67.7 Å². The molecule has 2 unspecified atom stereocenters. The first kappa shape index (κ1) is 29.0. The van der Waals surface area contributed by atoms with Crippen LogP contribution in [0.25, 0.3) is 11.3 Å². The highest BCUT2D eigenvalue weighted by molar-refractivity contribution is 7.92. The molecule has 4 atom stereocenters. The molecule has 0 spiro atoms. The van der Waals surface area contributed by atoms with Gasteiger partial charge < -0.3 is 19.5 Å². The molecule has 3 aliphatic rings. The third kappa shape index (κ3) is 6.43. The fourth-order valence-corrected chi connectivity index (χ4v) is 7.77. The van der Waals surface area contributed by atoms with Gasteiger partial charge in [-0.2, -0.15) is 9.71 Å². The third-order valence-electron chi connectivity index (χ3n) is 9.03. The quantitative estimate of drug-likeness (QED) is 0.413. The van der Waals surface area contributed by atoms with Gasteiger partial charge in [-0.1, -0.05) is 30.3 Å². The number of carbonyl (C=O) groups excluding carboxylic acids is 1. The lowest BCUT2D eigenvalue weighted by molar-refractivity contribution is -0.123. The molecule has 2 saturated heterocycles. The highest BCUT2D eigenvalue weighted by Crippen LogP contribution is 2.34. The minimum Gasteiger partial charge on any atom is -0.588 e. The standard InChI is InChI=1S/C33H41N5O3S/c1-21-7-5-8-22(2)30(21)28-16-29-35-32(34-28)37-42(40)27-10-6-9-23(15-27)11-12-24-13-14-38(19-26(24)20-41-29)18-25-17-33(3,4)36-31(25)39/h5-10,15-16,24-26H,11-14,17-20H2,1-4H3,(H,36,39)(H,34,35,37)/t24?,25-,26-,42?/m1/s1. The normalized spacial score (nSPS) is 25.9. The molecule has 4 heterocycles. The van der Waals surface area contributed by atoms with Gasteiger partial charge in [0, 0.05) is 36.2 Å². The molecule has 1 aromatic heterocycles. The third-order valence-corrected chi connectivity index (χ3v) is 10.1. The molecule has 0 aliphatic carbocycles. The van der Waals surface area contributed by atoms with Gasteiger partial charge >= 0.3 is 0 Å². The van der Waals surface area contributed by atoms with Crippen molar-refractivity contribution < 1.29 is 14.1 Å². The second-order valence-electron chi connectivity index (χ2n) is 12.9. The molecule has 222 valence electrons. The van der Waals surface area contributed by atoms with Gasteiger partial charge in [-0.05, 0) is 94.7 Å². The average molecular weight is 588 g/mol. The zero-order valence-corrected chi connectivity index (χ0v) is 25.8. The zero-order chi connectivity index (χ0) is 29.4. The number of aryl methyl sites for hydroxylation is 3. The Kier molecular flexibility index (Phi) is 8.18. The van der Waals surface area contributed by atoms with E-state index < -0.39 is 11.4 Å². The minimum atomic E-state index is -1.51. The van der Waals surface area contributed by atoms with Crippen LogP contribution in [0.4, 0.5) is 5.95 Å². The predicted molar refractivity (Wildman–Crippen MR) is 166 cm³/mol. The fourth-order valence-electron chi connectivity index (χ4n) is 6.94. The van der Waals surface area contributed by atoms with E-state index >= 15 is 0 Å². The molecule has 1 amide bonds. The van der Waals surface area contributed by atoms with Crippen molar-refractivity contribution in [1.82, 2.24) is 20.2 Å². The summed E-state index contributed by atoms with van der Waals surface area (Å²) in [5.74, 6) is 1.72. The topological polar surface area (TPSA) is 102 Å². The minimum absolute atomic E-state index is 0.0231. The second kappa shape index (κ2) is 11.9. The highest BCUT2D eigenvalue weighted by atomic mass is 32.2. The molecule has 3 aliphatic heterocycles. The van der Waals surface area contributed by atoms with Gasteiger partial charge in [0.1, 0.15) is 11.4 Å². The molecule has 2 aromatic carbocycles. The second-order valence-corrected chi connectivity index (χ2v) is 14.1. The van der Waals surface area contributed by atoms with E-state index in [1.54, 1.807) is 0 Å². The van der Waals surface area contributed by atoms with E-state index in [0.29, 0.717) is 29.2 Å². The lowest BCUT2D eigenvalue weighted by Gasteiger charge is -2.39. The summed E-state index contributed by atoms with van der Waals surface area (Å²) in [6, 6.07) is 16.1. The Bertz CT molecular complexity index is 1440. The fraction of sp³-hybridized carbons (Fsp3) is 0.485. The number of nitrogens with zero attached hydrogens (tertiary/aromatic N) is 3. The molecule has 0 radical (unpaired) electrons. The maximum atomic E-state index is 13.4. The number of hydrogen-bond acceptors (Lipinski definition) is 7. The molecular weight excluding hydrogens is 546 g/mol. The first-order chi connectivity index (χ1) is 20.1. The number of ether oxygens (including phenoxy) is 1. The number of anilines is 1. The Hall–Kier alpha value is -3.14. The summed E-state index contributed by atoms with van der Waals surface area (Å²) in [6.07, 6.45) is 3.87. The Balaban J connectivity index is 1.30. The summed E-state index contributed by atoms with van der Waals surface area (Å²) >= 11 is -1.51. The van der Waals surface area contributed by atoms with Crippen LogP contribution in [-0.4, -0.2) is 57.1 Å². The van der Waals surface area contributed by atoms with Gasteiger partial charge in [0.25, 0.3) is 5.95 Å². The summed E-state index contributed by atoms with van der Waals surface area (Å²) in [6.45, 7) is 11.5. The largest absolute Gasteiger partial charge is 0.588 e. The Morgan fingerprint density at radius 2 is 1.86 bits per heavy atom. The SMILES string of the molecule is Cc1cccc(C)c1-c1cc2nc(n1)N[S+]([O-])c1cccc(c1)CCC1CCN(C[C@H]3CC(C)(C)NC3=O)C[C@@H]1CO2. The van der Waals surface area contributed by atoms with Crippen molar-refractivity contribution in [3.05, 3.63) is 65.2 Å². The lowest BCUT2D eigenvalue weighted by atomic mass is 9.81. The summed E-state index contributed by atoms with van der Waals surface area (Å²) < 4.78 is 22.8. The van der Waals surface area contributed by atoms with Crippen molar-refractivity contribution in [2.45, 2.75) is 63.8 Å². The number of carbonyl (C=O) groups is 1. The number of fused-ring (bicyclic) bond motifs is 5. The van der Waals surface area contributed by atoms with Crippen LogP contribution in [0.3, 0.4) is 0 Å². The van der Waals surface area contributed by atoms with Crippen molar-refractivity contribution in [2.75, 3.05) is 31.0 Å². The van der Waals surface area contributed by atoms with Crippen LogP contribution in [0, 0.1) is 31.6 Å². The molecule has 2 fully saturated rings. The maximum Gasteiger partial charge on any atom is 0.269 e. The first-order valence-corrected chi connectivity index (χ1v) is 16.2. The van der Waals surface area contributed by atoms with E-state index in [-0.39, 0.29) is 23.3 Å². The van der Waals surface area contributed by atoms with Gasteiger partial charge in [0.05, 0.1) is 18.2 Å². The molecule has 0 saturated carbocycles. The average Bonchev–Trinajstić information content (AvgIpc) is 3.21.